The molecule has 1 atom stereocenters. The van der Waals surface area contributed by atoms with Gasteiger partial charge < -0.3 is 10.4 Å². The third-order valence-electron chi connectivity index (χ3n) is 1.33. The van der Waals surface area contributed by atoms with Gasteiger partial charge in [-0.2, -0.15) is 0 Å². The van der Waals surface area contributed by atoms with Crippen molar-refractivity contribution in [3.05, 3.63) is 12.7 Å². The van der Waals surface area contributed by atoms with Crippen molar-refractivity contribution in [2.75, 3.05) is 14.1 Å². The van der Waals surface area contributed by atoms with E-state index in [1.54, 1.807) is 14.1 Å². The van der Waals surface area contributed by atoms with Gasteiger partial charge in [0.05, 0.1) is 0 Å². The summed E-state index contributed by atoms with van der Waals surface area (Å²) >= 11 is 0. The second-order valence-electron chi connectivity index (χ2n) is 2.89. The minimum absolute atomic E-state index is 0.191. The van der Waals surface area contributed by atoms with Crippen LogP contribution < -0.4 is 10.7 Å². The molecule has 2 amide bonds. The molecule has 0 rings (SSSR count). The van der Waals surface area contributed by atoms with Crippen LogP contribution in [0.3, 0.4) is 0 Å². The lowest BCUT2D eigenvalue weighted by atomic mass is 10.2. The summed E-state index contributed by atoms with van der Waals surface area (Å²) in [6.45, 7) is 3.41. The summed E-state index contributed by atoms with van der Waals surface area (Å²) in [5.74, 6) is -1.08. The number of aliphatic carboxylic acids is 1. The van der Waals surface area contributed by atoms with E-state index in [1.807, 2.05) is 0 Å². The first-order valence-corrected chi connectivity index (χ1v) is 4.05. The van der Waals surface area contributed by atoms with Gasteiger partial charge in [-0.05, 0) is 6.42 Å². The van der Waals surface area contributed by atoms with Gasteiger partial charge in [-0.25, -0.2) is 14.6 Å². The Morgan fingerprint density at radius 2 is 2.14 bits per heavy atom. The molecule has 0 aromatic heterocycles. The average Bonchev–Trinajstić information content (AvgIpc) is 2.01. The molecule has 0 saturated heterocycles. The van der Waals surface area contributed by atoms with E-state index in [1.165, 1.54) is 11.1 Å². The standard InChI is InChI=1S/C8H15N3O3/c1-4-5-6(7(12)13)9-8(14)10-11(2)3/h4,6H,1,5H2,2-3H3,(H,12,13)(H2,9,10,14). The lowest BCUT2D eigenvalue weighted by Crippen LogP contribution is -2.49. The monoisotopic (exact) mass is 201 g/mol. The summed E-state index contributed by atoms with van der Waals surface area (Å²) in [7, 11) is 3.26. The first kappa shape index (κ1) is 12.4. The lowest BCUT2D eigenvalue weighted by molar-refractivity contribution is -0.139. The van der Waals surface area contributed by atoms with E-state index in [-0.39, 0.29) is 6.42 Å². The summed E-state index contributed by atoms with van der Waals surface area (Å²) in [6, 6.07) is -1.49. The predicted molar refractivity (Wildman–Crippen MR) is 51.6 cm³/mol. The molecule has 0 aromatic carbocycles. The van der Waals surface area contributed by atoms with Gasteiger partial charge >= 0.3 is 12.0 Å². The number of rotatable bonds is 5. The molecule has 0 aromatic rings. The smallest absolute Gasteiger partial charge is 0.330 e. The molecule has 14 heavy (non-hydrogen) atoms. The Morgan fingerprint density at radius 1 is 1.57 bits per heavy atom. The SMILES string of the molecule is C=CCC(NC(=O)NN(C)C)C(=O)O. The van der Waals surface area contributed by atoms with E-state index < -0.39 is 18.0 Å². The number of amides is 2. The summed E-state index contributed by atoms with van der Waals surface area (Å²) in [5, 5.41) is 12.4. The van der Waals surface area contributed by atoms with Crippen molar-refractivity contribution in [1.82, 2.24) is 15.8 Å². The van der Waals surface area contributed by atoms with E-state index in [0.717, 1.165) is 0 Å². The van der Waals surface area contributed by atoms with Gasteiger partial charge in [0.25, 0.3) is 0 Å². The van der Waals surface area contributed by atoms with E-state index in [2.05, 4.69) is 17.3 Å². The zero-order chi connectivity index (χ0) is 11.1. The van der Waals surface area contributed by atoms with E-state index >= 15 is 0 Å². The minimum atomic E-state index is -1.08. The average molecular weight is 201 g/mol. The Balaban J connectivity index is 4.09. The maximum absolute atomic E-state index is 11.1. The fourth-order valence-electron chi connectivity index (χ4n) is 0.782. The highest BCUT2D eigenvalue weighted by Crippen LogP contribution is 1.92. The second kappa shape index (κ2) is 5.98. The summed E-state index contributed by atoms with van der Waals surface area (Å²) < 4.78 is 0. The number of carboxylic acid groups (broad SMARTS) is 1. The number of hydrogen-bond acceptors (Lipinski definition) is 3. The zero-order valence-corrected chi connectivity index (χ0v) is 8.28. The highest BCUT2D eigenvalue weighted by atomic mass is 16.4. The third kappa shape index (κ3) is 5.15. The second-order valence-corrected chi connectivity index (χ2v) is 2.89. The largest absolute Gasteiger partial charge is 0.480 e. The first-order chi connectivity index (χ1) is 6.47. The van der Waals surface area contributed by atoms with Gasteiger partial charge in [-0.1, -0.05) is 6.08 Å². The Bertz CT molecular complexity index is 228. The van der Waals surface area contributed by atoms with Gasteiger partial charge in [0.1, 0.15) is 6.04 Å². The number of hydrogen-bond donors (Lipinski definition) is 3. The topological polar surface area (TPSA) is 81.7 Å². The van der Waals surface area contributed by atoms with Crippen molar-refractivity contribution < 1.29 is 14.7 Å². The molecule has 3 N–H and O–H groups in total. The van der Waals surface area contributed by atoms with Gasteiger partial charge in [-0.3, -0.25) is 5.43 Å². The van der Waals surface area contributed by atoms with E-state index in [4.69, 9.17) is 5.11 Å². The quantitative estimate of drug-likeness (QED) is 0.424. The van der Waals surface area contributed by atoms with Crippen LogP contribution in [-0.2, 0) is 4.79 Å². The van der Waals surface area contributed by atoms with Crippen LogP contribution in [0.15, 0.2) is 12.7 Å². The summed E-state index contributed by atoms with van der Waals surface area (Å²) in [5.41, 5.74) is 2.37. The molecule has 0 bridgehead atoms. The van der Waals surface area contributed by atoms with E-state index in [0.29, 0.717) is 0 Å². The molecule has 6 nitrogen and oxygen atoms in total. The van der Waals surface area contributed by atoms with Crippen LogP contribution in [0.2, 0.25) is 0 Å². The van der Waals surface area contributed by atoms with Crippen LogP contribution in [0, 0.1) is 0 Å². The van der Waals surface area contributed by atoms with Gasteiger partial charge in [0.2, 0.25) is 0 Å². The molecule has 0 fully saturated rings. The van der Waals surface area contributed by atoms with Gasteiger partial charge in [-0.15, -0.1) is 6.58 Å². The van der Waals surface area contributed by atoms with Crippen molar-refractivity contribution in [3.63, 3.8) is 0 Å². The number of carbonyl (C=O) groups excluding carboxylic acids is 1. The van der Waals surface area contributed by atoms with Crippen molar-refractivity contribution in [1.29, 1.82) is 0 Å². The Morgan fingerprint density at radius 3 is 2.50 bits per heavy atom. The molecule has 80 valence electrons. The molecular formula is C8H15N3O3. The molecule has 0 aliphatic rings. The van der Waals surface area contributed by atoms with Crippen LogP contribution in [0.25, 0.3) is 0 Å². The van der Waals surface area contributed by atoms with Crippen molar-refractivity contribution in [2.24, 2.45) is 0 Å². The maximum Gasteiger partial charge on any atom is 0.330 e. The molecular weight excluding hydrogens is 186 g/mol. The summed E-state index contributed by atoms with van der Waals surface area (Å²) in [4.78, 5) is 21.7. The number of nitrogens with zero attached hydrogens (tertiary/aromatic N) is 1. The van der Waals surface area contributed by atoms with Crippen molar-refractivity contribution >= 4 is 12.0 Å². The Hall–Kier alpha value is -1.56. The first-order valence-electron chi connectivity index (χ1n) is 4.05. The molecule has 1 unspecified atom stereocenters. The number of hydrazine groups is 1. The normalized spacial score (nSPS) is 11.9. The van der Waals surface area contributed by atoms with Crippen LogP contribution in [0.5, 0.6) is 0 Å². The third-order valence-corrected chi connectivity index (χ3v) is 1.33. The summed E-state index contributed by atoms with van der Waals surface area (Å²) in [6.07, 6.45) is 1.63. The molecule has 0 radical (unpaired) electrons. The van der Waals surface area contributed by atoms with Crippen molar-refractivity contribution in [3.8, 4) is 0 Å². The molecule has 0 saturated carbocycles. The van der Waals surface area contributed by atoms with Crippen LogP contribution in [0.1, 0.15) is 6.42 Å². The Labute approximate surface area is 82.6 Å². The molecule has 0 aliphatic carbocycles. The fraction of sp³-hybridized carbons (Fsp3) is 0.500. The van der Waals surface area contributed by atoms with Crippen LogP contribution in [0.4, 0.5) is 4.79 Å². The van der Waals surface area contributed by atoms with Crippen LogP contribution >= 0.6 is 0 Å². The lowest BCUT2D eigenvalue weighted by Gasteiger charge is -2.16. The molecule has 0 spiro atoms. The number of nitrogens with one attached hydrogen (secondary N) is 2. The minimum Gasteiger partial charge on any atom is -0.480 e. The number of urea groups is 1. The zero-order valence-electron chi connectivity index (χ0n) is 8.28. The predicted octanol–water partition coefficient (Wildman–Crippen LogP) is -0.208. The maximum atomic E-state index is 11.1. The number of carboxylic acids is 1. The highest BCUT2D eigenvalue weighted by molar-refractivity contribution is 5.82. The molecule has 0 heterocycles. The molecule has 6 heteroatoms. The Kier molecular flexibility index (Phi) is 5.31. The van der Waals surface area contributed by atoms with Crippen LogP contribution in [-0.4, -0.2) is 42.3 Å². The van der Waals surface area contributed by atoms with Gasteiger partial charge in [0, 0.05) is 14.1 Å². The molecule has 0 aliphatic heterocycles. The number of carbonyl (C=O) groups is 2. The van der Waals surface area contributed by atoms with Gasteiger partial charge in [0.15, 0.2) is 0 Å². The highest BCUT2D eigenvalue weighted by Gasteiger charge is 2.17. The van der Waals surface area contributed by atoms with E-state index in [9.17, 15) is 9.59 Å². The fourth-order valence-corrected chi connectivity index (χ4v) is 0.782. The van der Waals surface area contributed by atoms with Crippen molar-refractivity contribution in [2.45, 2.75) is 12.5 Å².